The van der Waals surface area contributed by atoms with Crippen LogP contribution in [0.1, 0.15) is 18.4 Å². The third-order valence-electron chi connectivity index (χ3n) is 3.75. The summed E-state index contributed by atoms with van der Waals surface area (Å²) in [6, 6.07) is 7.03. The Bertz CT molecular complexity index is 694. The van der Waals surface area contributed by atoms with Crippen LogP contribution < -0.4 is 0 Å². The summed E-state index contributed by atoms with van der Waals surface area (Å²) in [4.78, 5) is 17.8. The third kappa shape index (κ3) is 7.81. The number of hydrogen-bond acceptors (Lipinski definition) is 6. The van der Waals surface area contributed by atoms with Crippen LogP contribution in [-0.4, -0.2) is 47.3 Å². The van der Waals surface area contributed by atoms with E-state index in [4.69, 9.17) is 32.7 Å². The van der Waals surface area contributed by atoms with Crippen LogP contribution in [0.2, 0.25) is 10.3 Å². The lowest BCUT2D eigenvalue weighted by Crippen LogP contribution is -2.25. The van der Waals surface area contributed by atoms with Gasteiger partial charge in [-0.05, 0) is 34.1 Å². The van der Waals surface area contributed by atoms with Gasteiger partial charge in [0.2, 0.25) is 0 Å². The fourth-order valence-corrected chi connectivity index (χ4v) is 2.69. The highest BCUT2D eigenvalue weighted by Gasteiger charge is 2.34. The number of ether oxygens (including phenoxy) is 2. The molecule has 0 amide bonds. The average Bonchev–Trinajstić information content (AvgIpc) is 3.31. The van der Waals surface area contributed by atoms with E-state index >= 15 is 0 Å². The molecular formula is C18H19BrCl2N2O4. The van der Waals surface area contributed by atoms with Crippen LogP contribution in [0.15, 0.2) is 41.1 Å². The first-order valence-corrected chi connectivity index (χ1v) is 9.72. The maximum absolute atomic E-state index is 10.1. The number of hydrogen-bond donors (Lipinski definition) is 1. The Kier molecular flexibility index (Phi) is 9.08. The standard InChI is InChI=1S/C9H10ClNO2.C5H3BrClN.C4H6O2/c10-8-2-1-7(5-11-8)9(12)3-4-13-6-9;6-4-1-2-5(7)8-3-4;5-4-1-2-6-3-4/h1-2,5,12H,3-4,6H2;1-3H;1-3H2. The fraction of sp³-hybridized carbons (Fsp3) is 0.389. The summed E-state index contributed by atoms with van der Waals surface area (Å²) in [5.41, 5.74) is -0.0909. The molecule has 2 aromatic heterocycles. The molecule has 2 aromatic rings. The highest BCUT2D eigenvalue weighted by molar-refractivity contribution is 9.10. The van der Waals surface area contributed by atoms with Gasteiger partial charge in [0.05, 0.1) is 13.2 Å². The van der Waals surface area contributed by atoms with Gasteiger partial charge in [-0.2, -0.15) is 0 Å². The van der Waals surface area contributed by atoms with Crippen molar-refractivity contribution >= 4 is 44.9 Å². The Morgan fingerprint density at radius 2 is 1.74 bits per heavy atom. The van der Waals surface area contributed by atoms with Crippen molar-refractivity contribution in [1.82, 2.24) is 9.97 Å². The number of pyridine rings is 2. The number of Topliss-reactive ketones (excluding diaryl/α,β-unsaturated/α-hetero) is 1. The van der Waals surface area contributed by atoms with Crippen LogP contribution in [0.3, 0.4) is 0 Å². The summed E-state index contributed by atoms with van der Waals surface area (Å²) in [6.07, 6.45) is 4.50. The van der Waals surface area contributed by atoms with Gasteiger partial charge in [0.15, 0.2) is 5.78 Å². The highest BCUT2D eigenvalue weighted by atomic mass is 79.9. The van der Waals surface area contributed by atoms with Crippen molar-refractivity contribution < 1.29 is 19.4 Å². The predicted molar refractivity (Wildman–Crippen MR) is 106 cm³/mol. The van der Waals surface area contributed by atoms with Crippen molar-refractivity contribution in [3.63, 3.8) is 0 Å². The smallest absolute Gasteiger partial charge is 0.160 e. The molecule has 146 valence electrons. The number of nitrogens with zero attached hydrogens (tertiary/aromatic N) is 2. The van der Waals surface area contributed by atoms with Gasteiger partial charge in [0.1, 0.15) is 22.5 Å². The number of aliphatic hydroxyl groups is 1. The van der Waals surface area contributed by atoms with E-state index in [0.717, 1.165) is 10.0 Å². The summed E-state index contributed by atoms with van der Waals surface area (Å²) >= 11 is 14.3. The molecule has 2 aliphatic rings. The number of carbonyl (C=O) groups is 1. The van der Waals surface area contributed by atoms with E-state index in [1.165, 1.54) is 0 Å². The lowest BCUT2D eigenvalue weighted by Gasteiger charge is -2.19. The third-order valence-corrected chi connectivity index (χ3v) is 4.66. The molecule has 1 unspecified atom stereocenters. The Morgan fingerprint density at radius 1 is 1.04 bits per heavy atom. The zero-order valence-electron chi connectivity index (χ0n) is 14.4. The molecule has 1 N–H and O–H groups in total. The van der Waals surface area contributed by atoms with Crippen LogP contribution in [0.25, 0.3) is 0 Å². The molecule has 2 aliphatic heterocycles. The quantitative estimate of drug-likeness (QED) is 0.629. The van der Waals surface area contributed by atoms with Gasteiger partial charge >= 0.3 is 0 Å². The minimum atomic E-state index is -0.864. The Morgan fingerprint density at radius 3 is 2.11 bits per heavy atom. The molecule has 4 rings (SSSR count). The SMILES string of the molecule is Clc1ccc(Br)cn1.O=C1CCOC1.OC1(c2ccc(Cl)nc2)CCOC1. The molecule has 6 nitrogen and oxygen atoms in total. The van der Waals surface area contributed by atoms with Crippen molar-refractivity contribution in [2.75, 3.05) is 26.4 Å². The van der Waals surface area contributed by atoms with Crippen molar-refractivity contribution in [1.29, 1.82) is 0 Å². The number of halogens is 3. The Hall–Kier alpha value is -1.09. The lowest BCUT2D eigenvalue weighted by molar-refractivity contribution is -0.117. The monoisotopic (exact) mass is 476 g/mol. The summed E-state index contributed by atoms with van der Waals surface area (Å²) in [5, 5.41) is 11.0. The second kappa shape index (κ2) is 11.0. The zero-order valence-corrected chi connectivity index (χ0v) is 17.5. The molecule has 0 aromatic carbocycles. The average molecular weight is 478 g/mol. The van der Waals surface area contributed by atoms with E-state index in [-0.39, 0.29) is 5.78 Å². The first-order chi connectivity index (χ1) is 12.9. The normalized spacial score (nSPS) is 21.1. The van der Waals surface area contributed by atoms with Gasteiger partial charge in [-0.3, -0.25) is 4.79 Å². The number of ketones is 1. The summed E-state index contributed by atoms with van der Waals surface area (Å²) in [5.74, 6) is 0.231. The largest absolute Gasteiger partial charge is 0.383 e. The van der Waals surface area contributed by atoms with Crippen molar-refractivity contribution in [2.24, 2.45) is 0 Å². The molecular weight excluding hydrogens is 459 g/mol. The number of rotatable bonds is 1. The van der Waals surface area contributed by atoms with Crippen molar-refractivity contribution in [3.8, 4) is 0 Å². The van der Waals surface area contributed by atoms with E-state index in [9.17, 15) is 9.90 Å². The molecule has 1 atom stereocenters. The lowest BCUT2D eigenvalue weighted by atomic mass is 9.95. The molecule has 9 heteroatoms. The molecule has 0 spiro atoms. The number of carbonyl (C=O) groups excluding carboxylic acids is 1. The van der Waals surface area contributed by atoms with Gasteiger partial charge in [0, 0.05) is 41.9 Å². The van der Waals surface area contributed by atoms with Gasteiger partial charge in [-0.1, -0.05) is 29.3 Å². The molecule has 4 heterocycles. The van der Waals surface area contributed by atoms with Crippen LogP contribution in [0.4, 0.5) is 0 Å². The maximum Gasteiger partial charge on any atom is 0.160 e. The highest BCUT2D eigenvalue weighted by Crippen LogP contribution is 2.29. The summed E-state index contributed by atoms with van der Waals surface area (Å²) in [7, 11) is 0. The van der Waals surface area contributed by atoms with Crippen LogP contribution in [-0.2, 0) is 19.9 Å². The molecule has 2 saturated heterocycles. The first-order valence-electron chi connectivity index (χ1n) is 8.18. The summed E-state index contributed by atoms with van der Waals surface area (Å²) in [6.45, 7) is 1.92. The second-order valence-corrected chi connectivity index (χ2v) is 7.53. The molecule has 0 saturated carbocycles. The van der Waals surface area contributed by atoms with E-state index in [1.54, 1.807) is 30.6 Å². The predicted octanol–water partition coefficient (Wildman–Crippen LogP) is 3.82. The Labute approximate surface area is 176 Å². The first kappa shape index (κ1) is 22.2. The minimum Gasteiger partial charge on any atom is -0.383 e. The summed E-state index contributed by atoms with van der Waals surface area (Å²) < 4.78 is 10.8. The van der Waals surface area contributed by atoms with Gasteiger partial charge in [-0.25, -0.2) is 9.97 Å². The van der Waals surface area contributed by atoms with E-state index in [0.29, 0.717) is 49.6 Å². The van der Waals surface area contributed by atoms with Crippen LogP contribution in [0, 0.1) is 0 Å². The van der Waals surface area contributed by atoms with Gasteiger partial charge in [-0.15, -0.1) is 0 Å². The topological polar surface area (TPSA) is 81.5 Å². The minimum absolute atomic E-state index is 0.231. The molecule has 0 bridgehead atoms. The van der Waals surface area contributed by atoms with E-state index < -0.39 is 5.60 Å². The van der Waals surface area contributed by atoms with Crippen LogP contribution >= 0.6 is 39.1 Å². The molecule has 2 fully saturated rings. The zero-order chi connectivity index (χ0) is 19.7. The molecule has 27 heavy (non-hydrogen) atoms. The van der Waals surface area contributed by atoms with E-state index in [2.05, 4.69) is 25.9 Å². The van der Waals surface area contributed by atoms with Crippen molar-refractivity contribution in [3.05, 3.63) is 57.0 Å². The van der Waals surface area contributed by atoms with Gasteiger partial charge in [0.25, 0.3) is 0 Å². The van der Waals surface area contributed by atoms with Crippen molar-refractivity contribution in [2.45, 2.75) is 18.4 Å². The molecule has 0 aliphatic carbocycles. The maximum atomic E-state index is 10.1. The number of aromatic nitrogens is 2. The fourth-order valence-electron chi connectivity index (χ4n) is 2.23. The van der Waals surface area contributed by atoms with Gasteiger partial charge < -0.3 is 14.6 Å². The Balaban J connectivity index is 0.000000159. The van der Waals surface area contributed by atoms with E-state index in [1.807, 2.05) is 6.07 Å². The van der Waals surface area contributed by atoms with Crippen LogP contribution in [0.5, 0.6) is 0 Å². The second-order valence-electron chi connectivity index (χ2n) is 5.84. The molecule has 0 radical (unpaired) electrons.